The molecule has 12 heavy (non-hydrogen) atoms. The second-order valence-corrected chi connectivity index (χ2v) is 4.05. The summed E-state index contributed by atoms with van der Waals surface area (Å²) in [5.74, 6) is 6.20. The first-order chi connectivity index (χ1) is 5.81. The molecule has 3 nitrogen and oxygen atoms in total. The van der Waals surface area contributed by atoms with Crippen molar-refractivity contribution in [1.29, 1.82) is 0 Å². The van der Waals surface area contributed by atoms with Gasteiger partial charge in [-0.1, -0.05) is 6.42 Å². The van der Waals surface area contributed by atoms with Crippen LogP contribution in [0, 0.1) is 5.92 Å². The van der Waals surface area contributed by atoms with Gasteiger partial charge in [-0.2, -0.15) is 0 Å². The van der Waals surface area contributed by atoms with Gasteiger partial charge in [0.1, 0.15) is 6.29 Å². The number of hydrazine groups is 1. The monoisotopic (exact) mass is 168 g/mol. The van der Waals surface area contributed by atoms with Crippen LogP contribution >= 0.6 is 0 Å². The Morgan fingerprint density at radius 2 is 1.83 bits per heavy atom. The molecule has 0 aromatic carbocycles. The predicted octanol–water partition coefficient (Wildman–Crippen LogP) is 0.692. The van der Waals surface area contributed by atoms with Crippen molar-refractivity contribution >= 4 is 6.29 Å². The number of nitrogens with two attached hydrogens (primary N) is 1. The summed E-state index contributed by atoms with van der Waals surface area (Å²) in [4.78, 5) is 10.6. The molecule has 2 rings (SSSR count). The summed E-state index contributed by atoms with van der Waals surface area (Å²) in [5.41, 5.74) is 0. The number of aldehydes is 1. The molecule has 2 fully saturated rings. The van der Waals surface area contributed by atoms with Crippen LogP contribution in [0.4, 0.5) is 0 Å². The lowest BCUT2D eigenvalue weighted by molar-refractivity contribution is -0.115. The number of hydrogen-bond acceptors (Lipinski definition) is 3. The molecule has 2 aliphatic rings. The molecule has 2 saturated heterocycles. The van der Waals surface area contributed by atoms with E-state index in [2.05, 4.69) is 0 Å². The Hall–Kier alpha value is -0.410. The van der Waals surface area contributed by atoms with Gasteiger partial charge in [-0.3, -0.25) is 5.84 Å². The third-order valence-corrected chi connectivity index (χ3v) is 3.26. The van der Waals surface area contributed by atoms with Gasteiger partial charge in [0, 0.05) is 18.0 Å². The van der Waals surface area contributed by atoms with Crippen molar-refractivity contribution in [3.05, 3.63) is 0 Å². The van der Waals surface area contributed by atoms with E-state index in [1.54, 1.807) is 0 Å². The maximum absolute atomic E-state index is 10.6. The predicted molar refractivity (Wildman–Crippen MR) is 46.2 cm³/mol. The average molecular weight is 168 g/mol. The fourth-order valence-corrected chi connectivity index (χ4v) is 2.57. The van der Waals surface area contributed by atoms with E-state index in [4.69, 9.17) is 5.84 Å². The lowest BCUT2D eigenvalue weighted by Crippen LogP contribution is -2.55. The molecule has 0 aromatic rings. The van der Waals surface area contributed by atoms with E-state index in [9.17, 15) is 4.79 Å². The van der Waals surface area contributed by atoms with Crippen LogP contribution in [-0.4, -0.2) is 23.4 Å². The topological polar surface area (TPSA) is 46.3 Å². The summed E-state index contributed by atoms with van der Waals surface area (Å²) >= 11 is 0. The molecule has 3 atom stereocenters. The van der Waals surface area contributed by atoms with Crippen LogP contribution in [0.15, 0.2) is 0 Å². The van der Waals surface area contributed by atoms with Gasteiger partial charge in [0.25, 0.3) is 0 Å². The van der Waals surface area contributed by atoms with Gasteiger partial charge >= 0.3 is 0 Å². The number of carbonyl (C=O) groups excluding carboxylic acids is 1. The fourth-order valence-electron chi connectivity index (χ4n) is 2.57. The highest BCUT2D eigenvalue weighted by molar-refractivity contribution is 5.54. The SMILES string of the molecule is NN1[C@@H]2CCC[C@H]1CC(C=O)C2. The number of carbonyl (C=O) groups is 1. The molecule has 0 radical (unpaired) electrons. The lowest BCUT2D eigenvalue weighted by Gasteiger charge is -2.45. The van der Waals surface area contributed by atoms with E-state index >= 15 is 0 Å². The molecule has 2 aliphatic heterocycles. The maximum Gasteiger partial charge on any atom is 0.123 e. The van der Waals surface area contributed by atoms with Crippen molar-refractivity contribution < 1.29 is 4.79 Å². The third kappa shape index (κ3) is 1.27. The Morgan fingerprint density at radius 3 is 2.33 bits per heavy atom. The van der Waals surface area contributed by atoms with Crippen LogP contribution in [0.25, 0.3) is 0 Å². The first-order valence-electron chi connectivity index (χ1n) is 4.79. The molecule has 0 aromatic heterocycles. The van der Waals surface area contributed by atoms with E-state index < -0.39 is 0 Å². The molecule has 0 amide bonds. The Bertz CT molecular complexity index is 169. The summed E-state index contributed by atoms with van der Waals surface area (Å²) in [6.45, 7) is 0. The fraction of sp³-hybridized carbons (Fsp3) is 0.889. The van der Waals surface area contributed by atoms with Gasteiger partial charge in [0.15, 0.2) is 0 Å². The number of nitrogens with zero attached hydrogens (tertiary/aromatic N) is 1. The molecule has 0 aliphatic carbocycles. The van der Waals surface area contributed by atoms with Gasteiger partial charge in [0.05, 0.1) is 0 Å². The Kier molecular flexibility index (Phi) is 2.15. The highest BCUT2D eigenvalue weighted by atomic mass is 16.1. The van der Waals surface area contributed by atoms with E-state index in [-0.39, 0.29) is 5.92 Å². The normalized spacial score (nSPS) is 42.6. The average Bonchev–Trinajstić information content (AvgIpc) is 2.04. The van der Waals surface area contributed by atoms with E-state index in [1.165, 1.54) is 19.3 Å². The van der Waals surface area contributed by atoms with E-state index in [1.807, 2.05) is 5.01 Å². The summed E-state index contributed by atoms with van der Waals surface area (Å²) in [5, 5.41) is 1.99. The molecule has 0 spiro atoms. The van der Waals surface area contributed by atoms with Crippen LogP contribution in [0.3, 0.4) is 0 Å². The molecule has 1 unspecified atom stereocenters. The van der Waals surface area contributed by atoms with Crippen molar-refractivity contribution in [1.82, 2.24) is 5.01 Å². The van der Waals surface area contributed by atoms with Crippen molar-refractivity contribution in [3.63, 3.8) is 0 Å². The van der Waals surface area contributed by atoms with E-state index in [0.717, 1.165) is 19.1 Å². The second-order valence-electron chi connectivity index (χ2n) is 4.05. The van der Waals surface area contributed by atoms with Crippen LogP contribution in [0.2, 0.25) is 0 Å². The largest absolute Gasteiger partial charge is 0.303 e. The number of piperidine rings is 2. The molecule has 68 valence electrons. The smallest absolute Gasteiger partial charge is 0.123 e. The Labute approximate surface area is 72.9 Å². The van der Waals surface area contributed by atoms with Gasteiger partial charge in [-0.05, 0) is 25.7 Å². The first kappa shape index (κ1) is 8.20. The number of hydrogen-bond donors (Lipinski definition) is 1. The Balaban J connectivity index is 2.07. The molecule has 2 N–H and O–H groups in total. The first-order valence-corrected chi connectivity index (χ1v) is 4.79. The van der Waals surface area contributed by atoms with Crippen LogP contribution < -0.4 is 5.84 Å². The van der Waals surface area contributed by atoms with Crippen LogP contribution in [0.5, 0.6) is 0 Å². The second kappa shape index (κ2) is 3.15. The molecule has 3 heteroatoms. The van der Waals surface area contributed by atoms with Gasteiger partial charge < -0.3 is 4.79 Å². The molecule has 2 heterocycles. The zero-order valence-corrected chi connectivity index (χ0v) is 7.28. The van der Waals surface area contributed by atoms with Gasteiger partial charge in [0.2, 0.25) is 0 Å². The van der Waals surface area contributed by atoms with Crippen molar-refractivity contribution in [3.8, 4) is 0 Å². The minimum atomic E-state index is 0.278. The maximum atomic E-state index is 10.6. The lowest BCUT2D eigenvalue weighted by atomic mass is 9.80. The highest BCUT2D eigenvalue weighted by Crippen LogP contribution is 2.33. The van der Waals surface area contributed by atoms with Gasteiger partial charge in [-0.25, -0.2) is 5.01 Å². The summed E-state index contributed by atoms with van der Waals surface area (Å²) < 4.78 is 0. The zero-order chi connectivity index (χ0) is 8.55. The highest BCUT2D eigenvalue weighted by Gasteiger charge is 2.36. The van der Waals surface area contributed by atoms with Crippen LogP contribution in [0.1, 0.15) is 32.1 Å². The quantitative estimate of drug-likeness (QED) is 0.463. The minimum absolute atomic E-state index is 0.278. The van der Waals surface area contributed by atoms with Gasteiger partial charge in [-0.15, -0.1) is 0 Å². The third-order valence-electron chi connectivity index (χ3n) is 3.26. The molecule has 2 bridgehead atoms. The number of rotatable bonds is 1. The molecular formula is C9H16N2O. The summed E-state index contributed by atoms with van der Waals surface area (Å²) in [6.07, 6.45) is 6.72. The minimum Gasteiger partial charge on any atom is -0.303 e. The van der Waals surface area contributed by atoms with E-state index in [0.29, 0.717) is 12.1 Å². The molecule has 0 saturated carbocycles. The van der Waals surface area contributed by atoms with Crippen molar-refractivity contribution in [2.24, 2.45) is 11.8 Å². The van der Waals surface area contributed by atoms with Crippen LogP contribution in [-0.2, 0) is 4.79 Å². The summed E-state index contributed by atoms with van der Waals surface area (Å²) in [6, 6.07) is 0.959. The Morgan fingerprint density at radius 1 is 1.25 bits per heavy atom. The van der Waals surface area contributed by atoms with Crippen molar-refractivity contribution in [2.75, 3.05) is 0 Å². The van der Waals surface area contributed by atoms with Crippen molar-refractivity contribution in [2.45, 2.75) is 44.2 Å². The zero-order valence-electron chi connectivity index (χ0n) is 7.28. The standard InChI is InChI=1S/C9H16N2O/c10-11-8-2-1-3-9(11)5-7(4-8)6-12/h6-9H,1-5,10H2/t7?,8-,9+. The number of fused-ring (bicyclic) bond motifs is 2. The molecular weight excluding hydrogens is 152 g/mol. The summed E-state index contributed by atoms with van der Waals surface area (Å²) in [7, 11) is 0.